The van der Waals surface area contributed by atoms with Crippen LogP contribution in [0, 0.1) is 0 Å². The number of carbonyl (C=O) groups excluding carboxylic acids is 1. The first kappa shape index (κ1) is 14.4. The van der Waals surface area contributed by atoms with Gasteiger partial charge >= 0.3 is 0 Å². The molecular formula is C16H21N3OS. The SMILES string of the molecule is CN(CC1CCCN1C)C(=O)c1sc2ccccc2c1N. The summed E-state index contributed by atoms with van der Waals surface area (Å²) >= 11 is 1.49. The second-order valence-corrected chi connectivity index (χ2v) is 6.86. The zero-order chi connectivity index (χ0) is 15.0. The number of nitrogen functional groups attached to an aromatic ring is 1. The third-order valence-electron chi connectivity index (χ3n) is 4.33. The van der Waals surface area contributed by atoms with Crippen molar-refractivity contribution in [3.8, 4) is 0 Å². The summed E-state index contributed by atoms with van der Waals surface area (Å²) in [6.07, 6.45) is 2.38. The van der Waals surface area contributed by atoms with Crippen LogP contribution in [0.25, 0.3) is 10.1 Å². The van der Waals surface area contributed by atoms with Crippen LogP contribution in [-0.4, -0.2) is 48.9 Å². The fourth-order valence-corrected chi connectivity index (χ4v) is 4.12. The maximum absolute atomic E-state index is 12.7. The molecule has 1 aromatic heterocycles. The van der Waals surface area contributed by atoms with Gasteiger partial charge in [0.25, 0.3) is 5.91 Å². The van der Waals surface area contributed by atoms with Crippen molar-refractivity contribution < 1.29 is 4.79 Å². The zero-order valence-electron chi connectivity index (χ0n) is 12.5. The van der Waals surface area contributed by atoms with E-state index in [1.165, 1.54) is 17.8 Å². The normalized spacial score (nSPS) is 19.2. The van der Waals surface area contributed by atoms with Crippen molar-refractivity contribution in [1.29, 1.82) is 0 Å². The summed E-state index contributed by atoms with van der Waals surface area (Å²) in [6.45, 7) is 1.89. The fraction of sp³-hybridized carbons (Fsp3) is 0.438. The molecule has 1 aliphatic rings. The maximum Gasteiger partial charge on any atom is 0.265 e. The molecule has 4 nitrogen and oxygen atoms in total. The van der Waals surface area contributed by atoms with Crippen molar-refractivity contribution in [1.82, 2.24) is 9.80 Å². The van der Waals surface area contributed by atoms with Crippen molar-refractivity contribution in [2.75, 3.05) is 32.9 Å². The first-order valence-electron chi connectivity index (χ1n) is 7.30. The van der Waals surface area contributed by atoms with Gasteiger partial charge in [-0.25, -0.2) is 0 Å². The lowest BCUT2D eigenvalue weighted by Crippen LogP contribution is -2.39. The second-order valence-electron chi connectivity index (χ2n) is 5.80. The molecule has 0 spiro atoms. The van der Waals surface area contributed by atoms with Gasteiger partial charge in [0.15, 0.2) is 0 Å². The van der Waals surface area contributed by atoms with Gasteiger partial charge in [-0.2, -0.15) is 0 Å². The van der Waals surface area contributed by atoms with E-state index in [4.69, 9.17) is 5.73 Å². The molecule has 2 aromatic rings. The number of hydrogen-bond donors (Lipinski definition) is 1. The molecule has 1 aliphatic heterocycles. The van der Waals surface area contributed by atoms with Gasteiger partial charge in [0, 0.05) is 29.7 Å². The van der Waals surface area contributed by atoms with Crippen LogP contribution < -0.4 is 5.73 Å². The summed E-state index contributed by atoms with van der Waals surface area (Å²) in [7, 11) is 4.00. The summed E-state index contributed by atoms with van der Waals surface area (Å²) in [5.74, 6) is 0.0361. The highest BCUT2D eigenvalue weighted by Gasteiger charge is 2.26. The Morgan fingerprint density at radius 2 is 2.24 bits per heavy atom. The van der Waals surface area contributed by atoms with E-state index >= 15 is 0 Å². The number of amides is 1. The number of hydrogen-bond acceptors (Lipinski definition) is 4. The molecule has 1 aromatic carbocycles. The van der Waals surface area contributed by atoms with Crippen LogP contribution in [-0.2, 0) is 0 Å². The number of nitrogens with two attached hydrogens (primary N) is 1. The molecule has 1 unspecified atom stereocenters. The Kier molecular flexibility index (Phi) is 3.87. The number of likely N-dealkylation sites (tertiary alicyclic amines) is 1. The van der Waals surface area contributed by atoms with E-state index < -0.39 is 0 Å². The Labute approximate surface area is 129 Å². The molecule has 0 saturated carbocycles. The van der Waals surface area contributed by atoms with Gasteiger partial charge in [0.05, 0.1) is 5.69 Å². The van der Waals surface area contributed by atoms with Crippen LogP contribution >= 0.6 is 11.3 Å². The molecular weight excluding hydrogens is 282 g/mol. The molecule has 3 rings (SSSR count). The quantitative estimate of drug-likeness (QED) is 0.948. The molecule has 1 amide bonds. The standard InChI is InChI=1S/C16H21N3OS/c1-18-9-5-6-11(18)10-19(2)16(20)15-14(17)12-7-3-4-8-13(12)21-15/h3-4,7-8,11H,5-6,9-10,17H2,1-2H3. The summed E-state index contributed by atoms with van der Waals surface area (Å²) in [5.41, 5.74) is 6.78. The van der Waals surface area contributed by atoms with Gasteiger partial charge in [-0.15, -0.1) is 11.3 Å². The summed E-state index contributed by atoms with van der Waals surface area (Å²) < 4.78 is 1.07. The van der Waals surface area contributed by atoms with Crippen LogP contribution in [0.3, 0.4) is 0 Å². The van der Waals surface area contributed by atoms with Gasteiger partial charge < -0.3 is 15.5 Å². The van der Waals surface area contributed by atoms with Crippen LogP contribution in [0.15, 0.2) is 24.3 Å². The molecule has 112 valence electrons. The highest BCUT2D eigenvalue weighted by atomic mass is 32.1. The van der Waals surface area contributed by atoms with E-state index in [0.717, 1.165) is 29.6 Å². The highest BCUT2D eigenvalue weighted by molar-refractivity contribution is 7.21. The summed E-state index contributed by atoms with van der Waals surface area (Å²) in [5, 5.41) is 0.984. The molecule has 0 aliphatic carbocycles. The lowest BCUT2D eigenvalue weighted by Gasteiger charge is -2.25. The molecule has 1 atom stereocenters. The molecule has 0 bridgehead atoms. The van der Waals surface area contributed by atoms with Crippen molar-refractivity contribution in [3.05, 3.63) is 29.1 Å². The van der Waals surface area contributed by atoms with Crippen molar-refractivity contribution in [2.45, 2.75) is 18.9 Å². The minimum Gasteiger partial charge on any atom is -0.397 e. The number of fused-ring (bicyclic) bond motifs is 1. The molecule has 0 radical (unpaired) electrons. The van der Waals surface area contributed by atoms with E-state index in [1.54, 1.807) is 0 Å². The topological polar surface area (TPSA) is 49.6 Å². The Morgan fingerprint density at radius 1 is 1.48 bits per heavy atom. The number of rotatable bonds is 3. The Balaban J connectivity index is 1.81. The Bertz CT molecular complexity index is 667. The first-order chi connectivity index (χ1) is 10.1. The van der Waals surface area contributed by atoms with Crippen LogP contribution in [0.4, 0.5) is 5.69 Å². The zero-order valence-corrected chi connectivity index (χ0v) is 13.3. The van der Waals surface area contributed by atoms with Crippen molar-refractivity contribution in [2.24, 2.45) is 0 Å². The number of benzene rings is 1. The number of carbonyl (C=O) groups is 1. The predicted octanol–water partition coefficient (Wildman–Crippen LogP) is 2.65. The average Bonchev–Trinajstić information content (AvgIpc) is 3.03. The fourth-order valence-electron chi connectivity index (χ4n) is 3.01. The molecule has 2 N–H and O–H groups in total. The Morgan fingerprint density at radius 3 is 2.90 bits per heavy atom. The number of nitrogens with zero attached hydrogens (tertiary/aromatic N) is 2. The third kappa shape index (κ3) is 2.63. The van der Waals surface area contributed by atoms with Crippen LogP contribution in [0.5, 0.6) is 0 Å². The predicted molar refractivity (Wildman–Crippen MR) is 88.8 cm³/mol. The van der Waals surface area contributed by atoms with Crippen LogP contribution in [0.1, 0.15) is 22.5 Å². The van der Waals surface area contributed by atoms with E-state index in [2.05, 4.69) is 11.9 Å². The van der Waals surface area contributed by atoms with Crippen LogP contribution in [0.2, 0.25) is 0 Å². The van der Waals surface area contributed by atoms with E-state index in [9.17, 15) is 4.79 Å². The minimum absolute atomic E-state index is 0.0361. The lowest BCUT2D eigenvalue weighted by atomic mass is 10.2. The molecule has 2 heterocycles. The molecule has 5 heteroatoms. The molecule has 1 fully saturated rings. The largest absolute Gasteiger partial charge is 0.397 e. The molecule has 1 saturated heterocycles. The van der Waals surface area contributed by atoms with Gasteiger partial charge in [-0.1, -0.05) is 18.2 Å². The van der Waals surface area contributed by atoms with E-state index in [-0.39, 0.29) is 5.91 Å². The summed E-state index contributed by atoms with van der Waals surface area (Å²) in [4.78, 5) is 17.5. The smallest absolute Gasteiger partial charge is 0.265 e. The lowest BCUT2D eigenvalue weighted by molar-refractivity contribution is 0.0767. The van der Waals surface area contributed by atoms with E-state index in [1.807, 2.05) is 36.2 Å². The van der Waals surface area contributed by atoms with Gasteiger partial charge in [0.1, 0.15) is 4.88 Å². The van der Waals surface area contributed by atoms with Gasteiger partial charge in [0.2, 0.25) is 0 Å². The van der Waals surface area contributed by atoms with Gasteiger partial charge in [-0.3, -0.25) is 4.79 Å². The second kappa shape index (κ2) is 5.66. The average molecular weight is 303 g/mol. The van der Waals surface area contributed by atoms with Gasteiger partial charge in [-0.05, 0) is 32.5 Å². The third-order valence-corrected chi connectivity index (χ3v) is 5.51. The first-order valence-corrected chi connectivity index (χ1v) is 8.12. The van der Waals surface area contributed by atoms with Crippen molar-refractivity contribution >= 4 is 33.0 Å². The summed E-state index contributed by atoms with van der Waals surface area (Å²) in [6, 6.07) is 8.39. The minimum atomic E-state index is 0.0361. The number of likely N-dealkylation sites (N-methyl/N-ethyl adjacent to an activating group) is 2. The number of thiophene rings is 1. The monoisotopic (exact) mass is 303 g/mol. The van der Waals surface area contributed by atoms with Crippen molar-refractivity contribution in [3.63, 3.8) is 0 Å². The number of anilines is 1. The highest BCUT2D eigenvalue weighted by Crippen LogP contribution is 2.34. The Hall–Kier alpha value is -1.59. The maximum atomic E-state index is 12.7. The van der Waals surface area contributed by atoms with E-state index in [0.29, 0.717) is 16.6 Å². The molecule has 21 heavy (non-hydrogen) atoms.